The van der Waals surface area contributed by atoms with Crippen molar-refractivity contribution in [3.8, 4) is 0 Å². The van der Waals surface area contributed by atoms with Gasteiger partial charge in [0.15, 0.2) is 0 Å². The minimum absolute atomic E-state index is 0.266. The van der Waals surface area contributed by atoms with Gasteiger partial charge in [-0.3, -0.25) is 4.79 Å². The minimum atomic E-state index is -3.43. The van der Waals surface area contributed by atoms with E-state index in [1.54, 1.807) is 36.4 Å². The number of rotatable bonds is 6. The molecule has 0 aliphatic carbocycles. The first-order valence-electron chi connectivity index (χ1n) is 8.97. The second kappa shape index (κ2) is 8.53. The van der Waals surface area contributed by atoms with Gasteiger partial charge in [0.05, 0.1) is 17.6 Å². The fourth-order valence-corrected chi connectivity index (χ4v) is 4.53. The summed E-state index contributed by atoms with van der Waals surface area (Å²) in [6.45, 7) is 1.39. The molecular weight excluding hydrogens is 380 g/mol. The van der Waals surface area contributed by atoms with E-state index < -0.39 is 16.0 Å². The van der Waals surface area contributed by atoms with Crippen LogP contribution in [0.2, 0.25) is 0 Å². The molecule has 1 heterocycles. The molecule has 7 nitrogen and oxygen atoms in total. The van der Waals surface area contributed by atoms with E-state index in [4.69, 9.17) is 0 Å². The van der Waals surface area contributed by atoms with Crippen molar-refractivity contribution in [1.29, 1.82) is 0 Å². The van der Waals surface area contributed by atoms with Gasteiger partial charge in [-0.15, -0.1) is 0 Å². The molecule has 1 fully saturated rings. The molecule has 0 radical (unpaired) electrons. The highest BCUT2D eigenvalue weighted by Crippen LogP contribution is 2.21. The Morgan fingerprint density at radius 3 is 2.11 bits per heavy atom. The van der Waals surface area contributed by atoms with Gasteiger partial charge in [-0.1, -0.05) is 12.1 Å². The van der Waals surface area contributed by atoms with Gasteiger partial charge >= 0.3 is 5.97 Å². The monoisotopic (exact) mass is 402 g/mol. The zero-order chi connectivity index (χ0) is 20.1. The van der Waals surface area contributed by atoms with Crippen LogP contribution in [0.5, 0.6) is 0 Å². The average Bonchev–Trinajstić information content (AvgIpc) is 3.27. The molecule has 0 spiro atoms. The fraction of sp³-hybridized carbons (Fsp3) is 0.300. The zero-order valence-corrected chi connectivity index (χ0v) is 16.4. The largest absolute Gasteiger partial charge is 0.465 e. The van der Waals surface area contributed by atoms with Crippen LogP contribution in [0.4, 0.5) is 0 Å². The lowest BCUT2D eigenvalue weighted by Gasteiger charge is -2.15. The second-order valence-electron chi connectivity index (χ2n) is 6.51. The summed E-state index contributed by atoms with van der Waals surface area (Å²) in [7, 11) is -2.14. The summed E-state index contributed by atoms with van der Waals surface area (Å²) < 4.78 is 31.2. The number of benzene rings is 2. The summed E-state index contributed by atoms with van der Waals surface area (Å²) in [4.78, 5) is 23.9. The summed E-state index contributed by atoms with van der Waals surface area (Å²) in [5, 5.41) is 2.78. The number of nitrogens with one attached hydrogen (secondary N) is 1. The number of hydrogen-bond acceptors (Lipinski definition) is 5. The topological polar surface area (TPSA) is 92.8 Å². The lowest BCUT2D eigenvalue weighted by Crippen LogP contribution is -2.28. The number of carbonyl (C=O) groups excluding carboxylic acids is 2. The van der Waals surface area contributed by atoms with Crippen LogP contribution in [0, 0.1) is 0 Å². The van der Waals surface area contributed by atoms with Crippen molar-refractivity contribution < 1.29 is 22.7 Å². The molecule has 0 atom stereocenters. The van der Waals surface area contributed by atoms with Gasteiger partial charge in [0.25, 0.3) is 5.91 Å². The molecule has 8 heteroatoms. The maximum absolute atomic E-state index is 12.5. The number of hydrogen-bond donors (Lipinski definition) is 1. The standard InChI is InChI=1S/C20H22N2O5S/c1-27-20(24)17-8-6-16(7-9-17)19(23)21-14-15-4-10-18(11-5-15)28(25,26)22-12-2-3-13-22/h4-11H,2-3,12-14H2,1H3,(H,21,23). The van der Waals surface area contributed by atoms with E-state index in [0.717, 1.165) is 18.4 Å². The number of nitrogens with zero attached hydrogens (tertiary/aromatic N) is 1. The van der Waals surface area contributed by atoms with Crippen LogP contribution in [-0.2, 0) is 21.3 Å². The van der Waals surface area contributed by atoms with Gasteiger partial charge < -0.3 is 10.1 Å². The van der Waals surface area contributed by atoms with Crippen LogP contribution in [-0.4, -0.2) is 44.8 Å². The number of ether oxygens (including phenoxy) is 1. The van der Waals surface area contributed by atoms with E-state index >= 15 is 0 Å². The van der Waals surface area contributed by atoms with E-state index in [0.29, 0.717) is 24.2 Å². The van der Waals surface area contributed by atoms with Crippen LogP contribution in [0.1, 0.15) is 39.1 Å². The molecule has 0 aromatic heterocycles. The molecule has 0 saturated carbocycles. The van der Waals surface area contributed by atoms with Crippen molar-refractivity contribution in [3.05, 3.63) is 65.2 Å². The predicted octanol–water partition coefficient (Wildman–Crippen LogP) is 2.19. The van der Waals surface area contributed by atoms with Gasteiger partial charge in [-0.05, 0) is 54.8 Å². The Kier molecular flexibility index (Phi) is 6.11. The average molecular weight is 402 g/mol. The highest BCUT2D eigenvalue weighted by atomic mass is 32.2. The summed E-state index contributed by atoms with van der Waals surface area (Å²) in [5.41, 5.74) is 1.58. The Balaban J connectivity index is 1.60. The summed E-state index contributed by atoms with van der Waals surface area (Å²) in [6.07, 6.45) is 1.79. The maximum Gasteiger partial charge on any atom is 0.337 e. The van der Waals surface area contributed by atoms with Crippen molar-refractivity contribution in [3.63, 3.8) is 0 Å². The van der Waals surface area contributed by atoms with E-state index in [1.165, 1.54) is 23.5 Å². The van der Waals surface area contributed by atoms with Crippen molar-refractivity contribution in [2.45, 2.75) is 24.3 Å². The highest BCUT2D eigenvalue weighted by Gasteiger charge is 2.26. The van der Waals surface area contributed by atoms with E-state index in [2.05, 4.69) is 10.1 Å². The van der Waals surface area contributed by atoms with Crippen LogP contribution in [0.3, 0.4) is 0 Å². The molecule has 0 bridgehead atoms. The van der Waals surface area contributed by atoms with Crippen LogP contribution < -0.4 is 5.32 Å². The number of methoxy groups -OCH3 is 1. The normalized spacial score (nSPS) is 14.6. The molecule has 0 unspecified atom stereocenters. The van der Waals surface area contributed by atoms with E-state index in [9.17, 15) is 18.0 Å². The first kappa shape index (κ1) is 20.0. The second-order valence-corrected chi connectivity index (χ2v) is 8.44. The Labute approximate surface area is 164 Å². The molecule has 1 saturated heterocycles. The Hall–Kier alpha value is -2.71. The molecule has 3 rings (SSSR count). The van der Waals surface area contributed by atoms with Crippen molar-refractivity contribution in [2.75, 3.05) is 20.2 Å². The minimum Gasteiger partial charge on any atom is -0.465 e. The lowest BCUT2D eigenvalue weighted by molar-refractivity contribution is 0.0600. The number of amides is 1. The fourth-order valence-electron chi connectivity index (χ4n) is 3.02. The summed E-state index contributed by atoms with van der Waals surface area (Å²) in [5.74, 6) is -0.749. The molecule has 1 aliphatic heterocycles. The van der Waals surface area contributed by atoms with E-state index in [1.807, 2.05) is 0 Å². The third kappa shape index (κ3) is 4.40. The quantitative estimate of drug-likeness (QED) is 0.748. The Morgan fingerprint density at radius 1 is 0.964 bits per heavy atom. The molecule has 1 amide bonds. The lowest BCUT2D eigenvalue weighted by atomic mass is 10.1. The first-order valence-corrected chi connectivity index (χ1v) is 10.4. The molecule has 1 aliphatic rings. The smallest absolute Gasteiger partial charge is 0.337 e. The molecule has 2 aromatic carbocycles. The summed E-state index contributed by atoms with van der Waals surface area (Å²) >= 11 is 0. The maximum atomic E-state index is 12.5. The van der Waals surface area contributed by atoms with Crippen LogP contribution in [0.25, 0.3) is 0 Å². The van der Waals surface area contributed by atoms with Crippen molar-refractivity contribution >= 4 is 21.9 Å². The molecular formula is C20H22N2O5S. The Morgan fingerprint density at radius 2 is 1.54 bits per heavy atom. The SMILES string of the molecule is COC(=O)c1ccc(C(=O)NCc2ccc(S(=O)(=O)N3CCCC3)cc2)cc1. The number of sulfonamides is 1. The summed E-state index contributed by atoms with van der Waals surface area (Å²) in [6, 6.07) is 12.7. The van der Waals surface area contributed by atoms with Crippen molar-refractivity contribution in [2.24, 2.45) is 0 Å². The van der Waals surface area contributed by atoms with Gasteiger partial charge in [0.1, 0.15) is 0 Å². The molecule has 28 heavy (non-hydrogen) atoms. The van der Waals surface area contributed by atoms with Crippen molar-refractivity contribution in [1.82, 2.24) is 9.62 Å². The van der Waals surface area contributed by atoms with E-state index in [-0.39, 0.29) is 17.3 Å². The number of carbonyl (C=O) groups is 2. The first-order chi connectivity index (χ1) is 13.4. The van der Waals surface area contributed by atoms with Gasteiger partial charge in [-0.2, -0.15) is 4.31 Å². The van der Waals surface area contributed by atoms with Gasteiger partial charge in [0, 0.05) is 25.2 Å². The Bertz CT molecular complexity index is 947. The van der Waals surface area contributed by atoms with Crippen LogP contribution >= 0.6 is 0 Å². The molecule has 2 aromatic rings. The van der Waals surface area contributed by atoms with Gasteiger partial charge in [-0.25, -0.2) is 13.2 Å². The molecule has 148 valence electrons. The predicted molar refractivity (Wildman–Crippen MR) is 103 cm³/mol. The zero-order valence-electron chi connectivity index (χ0n) is 15.6. The highest BCUT2D eigenvalue weighted by molar-refractivity contribution is 7.89. The van der Waals surface area contributed by atoms with Gasteiger partial charge in [0.2, 0.25) is 10.0 Å². The number of esters is 1. The third-order valence-electron chi connectivity index (χ3n) is 4.65. The third-order valence-corrected chi connectivity index (χ3v) is 6.56. The van der Waals surface area contributed by atoms with Crippen LogP contribution in [0.15, 0.2) is 53.4 Å². The molecule has 1 N–H and O–H groups in total.